The van der Waals surface area contributed by atoms with Gasteiger partial charge in [0.25, 0.3) is 0 Å². The number of carbonyl (C=O) groups excluding carboxylic acids is 3. The van der Waals surface area contributed by atoms with Gasteiger partial charge in [-0.15, -0.1) is 0 Å². The molecule has 0 atom stereocenters. The molecule has 136 valence electrons. The minimum Gasteiger partial charge on any atom is -0.454 e. The number of ketones is 1. The zero-order valence-corrected chi connectivity index (χ0v) is 15.7. The van der Waals surface area contributed by atoms with Gasteiger partial charge in [0.2, 0.25) is 5.91 Å². The van der Waals surface area contributed by atoms with Crippen molar-refractivity contribution < 1.29 is 19.1 Å². The molecule has 0 aromatic heterocycles. The van der Waals surface area contributed by atoms with E-state index in [9.17, 15) is 14.4 Å². The van der Waals surface area contributed by atoms with E-state index in [1.165, 1.54) is 18.2 Å². The van der Waals surface area contributed by atoms with Crippen LogP contribution in [0.15, 0.2) is 42.5 Å². The highest BCUT2D eigenvalue weighted by Gasteiger charge is 2.15. The predicted molar refractivity (Wildman–Crippen MR) is 101 cm³/mol. The van der Waals surface area contributed by atoms with Crippen molar-refractivity contribution in [2.45, 2.75) is 13.8 Å². The van der Waals surface area contributed by atoms with Gasteiger partial charge in [0.15, 0.2) is 12.4 Å². The summed E-state index contributed by atoms with van der Waals surface area (Å²) < 4.78 is 5.01. The number of carbonyl (C=O) groups is 3. The fourth-order valence-electron chi connectivity index (χ4n) is 1.97. The molecule has 0 saturated carbocycles. The molecule has 0 fully saturated rings. The van der Waals surface area contributed by atoms with Gasteiger partial charge in [-0.25, -0.2) is 4.79 Å². The lowest BCUT2D eigenvalue weighted by molar-refractivity contribution is -0.118. The van der Waals surface area contributed by atoms with Crippen LogP contribution >= 0.6 is 23.2 Å². The summed E-state index contributed by atoms with van der Waals surface area (Å²) in [7, 11) is 0. The first-order chi connectivity index (χ1) is 12.3. The zero-order valence-electron chi connectivity index (χ0n) is 14.2. The molecule has 1 amide bonds. The van der Waals surface area contributed by atoms with Gasteiger partial charge in [0.1, 0.15) is 0 Å². The molecule has 0 radical (unpaired) electrons. The molecule has 2 aromatic carbocycles. The van der Waals surface area contributed by atoms with Crippen molar-refractivity contribution in [3.8, 4) is 0 Å². The van der Waals surface area contributed by atoms with Crippen molar-refractivity contribution in [1.29, 1.82) is 0 Å². The van der Waals surface area contributed by atoms with Crippen LogP contribution in [0, 0.1) is 5.92 Å². The molecule has 5 nitrogen and oxygen atoms in total. The van der Waals surface area contributed by atoms with Crippen molar-refractivity contribution in [3.05, 3.63) is 63.6 Å². The lowest BCUT2D eigenvalue weighted by Crippen LogP contribution is -2.18. The van der Waals surface area contributed by atoms with E-state index in [0.29, 0.717) is 16.3 Å². The summed E-state index contributed by atoms with van der Waals surface area (Å²) in [5.41, 5.74) is 1.09. The Morgan fingerprint density at radius 3 is 2.27 bits per heavy atom. The average molecular weight is 394 g/mol. The molecule has 0 aliphatic carbocycles. The van der Waals surface area contributed by atoms with E-state index in [1.54, 1.807) is 38.1 Å². The summed E-state index contributed by atoms with van der Waals surface area (Å²) in [6.07, 6.45) is 0. The molecule has 26 heavy (non-hydrogen) atoms. The van der Waals surface area contributed by atoms with Crippen LogP contribution in [-0.2, 0) is 9.53 Å². The second kappa shape index (κ2) is 8.83. The first-order valence-corrected chi connectivity index (χ1v) is 8.60. The summed E-state index contributed by atoms with van der Waals surface area (Å²) in [6, 6.07) is 10.7. The van der Waals surface area contributed by atoms with Crippen molar-refractivity contribution in [3.63, 3.8) is 0 Å². The number of anilines is 1. The maximum absolute atomic E-state index is 12.1. The van der Waals surface area contributed by atoms with Crippen LogP contribution in [0.5, 0.6) is 0 Å². The largest absolute Gasteiger partial charge is 0.454 e. The Hall–Kier alpha value is -2.37. The lowest BCUT2D eigenvalue weighted by atomic mass is 10.1. The quantitative estimate of drug-likeness (QED) is 0.573. The summed E-state index contributed by atoms with van der Waals surface area (Å²) in [5.74, 6) is -1.33. The third-order valence-corrected chi connectivity index (χ3v) is 4.03. The lowest BCUT2D eigenvalue weighted by Gasteiger charge is -2.09. The minimum atomic E-state index is -0.708. The number of hydrogen-bond donors (Lipinski definition) is 1. The first kappa shape index (κ1) is 19.9. The van der Waals surface area contributed by atoms with E-state index in [4.69, 9.17) is 27.9 Å². The molecule has 7 heteroatoms. The fraction of sp³-hybridized carbons (Fsp3) is 0.211. The molecule has 0 aliphatic rings. The third kappa shape index (κ3) is 5.31. The van der Waals surface area contributed by atoms with E-state index < -0.39 is 12.6 Å². The summed E-state index contributed by atoms with van der Waals surface area (Å²) in [6.45, 7) is 3.15. The average Bonchev–Trinajstić information content (AvgIpc) is 2.59. The Morgan fingerprint density at radius 2 is 1.69 bits per heavy atom. The third-order valence-electron chi connectivity index (χ3n) is 3.48. The summed E-state index contributed by atoms with van der Waals surface area (Å²) in [5, 5.41) is 3.28. The van der Waals surface area contributed by atoms with Crippen molar-refractivity contribution >= 4 is 46.5 Å². The van der Waals surface area contributed by atoms with Gasteiger partial charge in [-0.1, -0.05) is 37.0 Å². The number of halogens is 2. The molecular weight excluding hydrogens is 377 g/mol. The smallest absolute Gasteiger partial charge is 0.340 e. The van der Waals surface area contributed by atoms with Gasteiger partial charge in [-0.2, -0.15) is 0 Å². The molecule has 0 aliphatic heterocycles. The number of Topliss-reactive ketones (excluding diaryl/α,β-unsaturated/α-hetero) is 1. The van der Waals surface area contributed by atoms with E-state index in [2.05, 4.69) is 5.32 Å². The van der Waals surface area contributed by atoms with Crippen LogP contribution in [0.1, 0.15) is 34.6 Å². The van der Waals surface area contributed by atoms with Crippen LogP contribution in [-0.4, -0.2) is 24.3 Å². The number of hydrogen-bond acceptors (Lipinski definition) is 4. The molecule has 0 saturated heterocycles. The normalized spacial score (nSPS) is 10.5. The first-order valence-electron chi connectivity index (χ1n) is 7.84. The number of nitrogens with one attached hydrogen (secondary N) is 1. The Morgan fingerprint density at radius 1 is 1.04 bits per heavy atom. The Balaban J connectivity index is 1.95. The van der Waals surface area contributed by atoms with Crippen LogP contribution in [0.25, 0.3) is 0 Å². The van der Waals surface area contributed by atoms with E-state index in [0.717, 1.165) is 0 Å². The van der Waals surface area contributed by atoms with Gasteiger partial charge >= 0.3 is 5.97 Å². The highest BCUT2D eigenvalue weighted by atomic mass is 35.5. The molecule has 0 bridgehead atoms. The topological polar surface area (TPSA) is 72.5 Å². The van der Waals surface area contributed by atoms with Crippen LogP contribution in [0.2, 0.25) is 10.0 Å². The molecule has 0 heterocycles. The van der Waals surface area contributed by atoms with Gasteiger partial charge in [0.05, 0.1) is 10.6 Å². The number of benzene rings is 2. The number of ether oxygens (including phenoxy) is 1. The van der Waals surface area contributed by atoms with Crippen molar-refractivity contribution in [2.75, 3.05) is 11.9 Å². The van der Waals surface area contributed by atoms with Gasteiger partial charge in [-0.3, -0.25) is 9.59 Å². The van der Waals surface area contributed by atoms with Gasteiger partial charge in [-0.05, 0) is 42.5 Å². The fourth-order valence-corrected chi connectivity index (χ4v) is 2.46. The predicted octanol–water partition coefficient (Wildman–Crippen LogP) is 4.63. The molecular formula is C19H17Cl2NO4. The van der Waals surface area contributed by atoms with E-state index in [1.807, 2.05) is 0 Å². The Kier molecular flexibility index (Phi) is 6.77. The van der Waals surface area contributed by atoms with E-state index >= 15 is 0 Å². The molecule has 2 rings (SSSR count). The van der Waals surface area contributed by atoms with Crippen LogP contribution in [0.3, 0.4) is 0 Å². The van der Waals surface area contributed by atoms with Crippen LogP contribution < -0.4 is 5.32 Å². The van der Waals surface area contributed by atoms with Crippen LogP contribution in [0.4, 0.5) is 5.69 Å². The SMILES string of the molecule is CC(C)C(=O)Nc1ccc(C(=O)COC(=O)c2ccc(Cl)cc2Cl)cc1. The molecule has 0 spiro atoms. The number of amides is 1. The molecule has 0 unspecified atom stereocenters. The van der Waals surface area contributed by atoms with E-state index in [-0.39, 0.29) is 28.2 Å². The Labute approximate surface area is 161 Å². The maximum atomic E-state index is 12.1. The summed E-state index contributed by atoms with van der Waals surface area (Å²) >= 11 is 11.7. The monoisotopic (exact) mass is 393 g/mol. The minimum absolute atomic E-state index is 0.113. The second-order valence-electron chi connectivity index (χ2n) is 5.84. The zero-order chi connectivity index (χ0) is 19.3. The highest BCUT2D eigenvalue weighted by Crippen LogP contribution is 2.21. The van der Waals surface area contributed by atoms with Crippen molar-refractivity contribution in [2.24, 2.45) is 5.92 Å². The molecule has 2 aromatic rings. The maximum Gasteiger partial charge on any atom is 0.340 e. The van der Waals surface area contributed by atoms with Gasteiger partial charge in [0, 0.05) is 22.2 Å². The highest BCUT2D eigenvalue weighted by molar-refractivity contribution is 6.36. The number of esters is 1. The Bertz CT molecular complexity index is 832. The molecule has 1 N–H and O–H groups in total. The number of rotatable bonds is 6. The second-order valence-corrected chi connectivity index (χ2v) is 6.69. The standard InChI is InChI=1S/C19H17Cl2NO4/c1-11(2)18(24)22-14-6-3-12(4-7-14)17(23)10-26-19(25)15-8-5-13(20)9-16(15)21/h3-9,11H,10H2,1-2H3,(H,22,24). The van der Waals surface area contributed by atoms with Crippen molar-refractivity contribution in [1.82, 2.24) is 0 Å². The van der Waals surface area contributed by atoms with Gasteiger partial charge < -0.3 is 10.1 Å². The summed E-state index contributed by atoms with van der Waals surface area (Å²) in [4.78, 5) is 35.8.